The molecule has 0 saturated heterocycles. The molecule has 0 atom stereocenters. The molecule has 0 aromatic carbocycles. The Bertz CT molecular complexity index is 480. The number of carbonyl (C=O) groups is 2. The fraction of sp³-hybridized carbons (Fsp3) is 0.500. The van der Waals surface area contributed by atoms with Crippen molar-refractivity contribution in [3.05, 3.63) is 17.8 Å². The lowest BCUT2D eigenvalue weighted by molar-refractivity contribution is -0.138. The number of carbonyl (C=O) groups excluding carboxylic acids is 1. The summed E-state index contributed by atoms with van der Waals surface area (Å²) in [6, 6.07) is 3.07. The molecule has 19 heavy (non-hydrogen) atoms. The fourth-order valence-electron chi connectivity index (χ4n) is 2.49. The second kappa shape index (κ2) is 5.21. The van der Waals surface area contributed by atoms with Crippen LogP contribution < -0.4 is 11.1 Å². The van der Waals surface area contributed by atoms with Crippen LogP contribution in [0.4, 0.5) is 5.82 Å². The third-order valence-electron chi connectivity index (χ3n) is 3.36. The zero-order valence-electron chi connectivity index (χ0n) is 10.4. The first-order valence-corrected chi connectivity index (χ1v) is 6.14. The number of nitrogens with one attached hydrogen (secondary N) is 1. The first kappa shape index (κ1) is 13.3. The Balaban J connectivity index is 2.13. The molecule has 0 radical (unpaired) electrons. The second-order valence-electron chi connectivity index (χ2n) is 4.85. The highest BCUT2D eigenvalue weighted by atomic mass is 16.4. The lowest BCUT2D eigenvalue weighted by atomic mass is 9.93. The van der Waals surface area contributed by atoms with E-state index in [1.807, 2.05) is 0 Å². The number of rotatable bonds is 5. The molecule has 0 bridgehead atoms. The van der Waals surface area contributed by atoms with E-state index >= 15 is 0 Å². The van der Waals surface area contributed by atoms with E-state index in [1.54, 1.807) is 6.07 Å². The van der Waals surface area contributed by atoms with Crippen molar-refractivity contribution in [1.82, 2.24) is 10.2 Å². The first-order chi connectivity index (χ1) is 9.01. The lowest BCUT2D eigenvalue weighted by Crippen LogP contribution is -2.38. The summed E-state index contributed by atoms with van der Waals surface area (Å²) in [5, 5.41) is 19.7. The van der Waals surface area contributed by atoms with Gasteiger partial charge in [-0.05, 0) is 25.0 Å². The molecule has 0 unspecified atom stereocenters. The third kappa shape index (κ3) is 3.18. The van der Waals surface area contributed by atoms with Crippen LogP contribution in [0.15, 0.2) is 12.1 Å². The highest BCUT2D eigenvalue weighted by Gasteiger charge is 2.36. The van der Waals surface area contributed by atoms with Crippen molar-refractivity contribution in [2.24, 2.45) is 5.73 Å². The number of nitrogens with two attached hydrogens (primary N) is 1. The topological polar surface area (TPSA) is 118 Å². The van der Waals surface area contributed by atoms with Crippen LogP contribution in [0.5, 0.6) is 0 Å². The minimum absolute atomic E-state index is 0.0479. The predicted molar refractivity (Wildman–Crippen MR) is 67.6 cm³/mol. The summed E-state index contributed by atoms with van der Waals surface area (Å²) in [6.07, 6.45) is 3.61. The monoisotopic (exact) mass is 264 g/mol. The predicted octanol–water partition coefficient (Wildman–Crippen LogP) is 0.775. The van der Waals surface area contributed by atoms with E-state index in [4.69, 9.17) is 10.8 Å². The van der Waals surface area contributed by atoms with Gasteiger partial charge in [-0.1, -0.05) is 12.8 Å². The maximum absolute atomic E-state index is 11.0. The molecule has 7 nitrogen and oxygen atoms in total. The summed E-state index contributed by atoms with van der Waals surface area (Å²) in [4.78, 5) is 21.8. The summed E-state index contributed by atoms with van der Waals surface area (Å²) >= 11 is 0. The van der Waals surface area contributed by atoms with Crippen LogP contribution in [-0.4, -0.2) is 32.7 Å². The normalized spacial score (nSPS) is 17.1. The van der Waals surface area contributed by atoms with E-state index < -0.39 is 17.4 Å². The molecule has 1 aromatic rings. The summed E-state index contributed by atoms with van der Waals surface area (Å²) < 4.78 is 0. The number of hydrogen-bond donors (Lipinski definition) is 3. The third-order valence-corrected chi connectivity index (χ3v) is 3.36. The molecule has 0 aliphatic heterocycles. The van der Waals surface area contributed by atoms with Crippen LogP contribution in [0.3, 0.4) is 0 Å². The zero-order valence-corrected chi connectivity index (χ0v) is 10.4. The van der Waals surface area contributed by atoms with Gasteiger partial charge < -0.3 is 16.2 Å². The van der Waals surface area contributed by atoms with E-state index in [-0.39, 0.29) is 12.1 Å². The standard InChI is InChI=1S/C12H16N4O3/c13-11(19)8-3-4-9(16-15-8)14-12(7-10(17)18)5-1-2-6-12/h3-4H,1-2,5-7H2,(H2,13,19)(H,14,16)(H,17,18). The summed E-state index contributed by atoms with van der Waals surface area (Å²) in [5.74, 6) is -1.01. The van der Waals surface area contributed by atoms with Crippen molar-refractivity contribution in [3.63, 3.8) is 0 Å². The average molecular weight is 264 g/mol. The van der Waals surface area contributed by atoms with Gasteiger partial charge in [0.1, 0.15) is 5.82 Å². The average Bonchev–Trinajstić information content (AvgIpc) is 2.77. The quantitative estimate of drug-likeness (QED) is 0.723. The van der Waals surface area contributed by atoms with Gasteiger partial charge in [0.05, 0.1) is 6.42 Å². The van der Waals surface area contributed by atoms with E-state index in [9.17, 15) is 9.59 Å². The van der Waals surface area contributed by atoms with Gasteiger partial charge in [-0.3, -0.25) is 9.59 Å². The molecule has 7 heteroatoms. The van der Waals surface area contributed by atoms with Crippen LogP contribution in [0, 0.1) is 0 Å². The molecule has 1 saturated carbocycles. The van der Waals surface area contributed by atoms with Gasteiger partial charge in [-0.25, -0.2) is 0 Å². The van der Waals surface area contributed by atoms with E-state index in [0.717, 1.165) is 25.7 Å². The SMILES string of the molecule is NC(=O)c1ccc(NC2(CC(=O)O)CCCC2)nn1. The van der Waals surface area contributed by atoms with Crippen molar-refractivity contribution in [2.75, 3.05) is 5.32 Å². The van der Waals surface area contributed by atoms with Crippen molar-refractivity contribution in [3.8, 4) is 0 Å². The Morgan fingerprint density at radius 3 is 2.47 bits per heavy atom. The molecule has 1 heterocycles. The van der Waals surface area contributed by atoms with Crippen LogP contribution >= 0.6 is 0 Å². The number of aromatic nitrogens is 2. The molecular weight excluding hydrogens is 248 g/mol. The number of nitrogens with zero attached hydrogens (tertiary/aromatic N) is 2. The molecule has 1 aromatic heterocycles. The van der Waals surface area contributed by atoms with Gasteiger partial charge in [0.2, 0.25) is 0 Å². The number of carboxylic acids is 1. The van der Waals surface area contributed by atoms with Crippen LogP contribution in [0.25, 0.3) is 0 Å². The summed E-state index contributed by atoms with van der Waals surface area (Å²) in [7, 11) is 0. The maximum atomic E-state index is 11.0. The molecule has 0 spiro atoms. The minimum Gasteiger partial charge on any atom is -0.481 e. The van der Waals surface area contributed by atoms with Gasteiger partial charge in [0.15, 0.2) is 5.69 Å². The van der Waals surface area contributed by atoms with Gasteiger partial charge >= 0.3 is 5.97 Å². The Morgan fingerprint density at radius 2 is 2.00 bits per heavy atom. The van der Waals surface area contributed by atoms with Crippen LogP contribution in [-0.2, 0) is 4.79 Å². The smallest absolute Gasteiger partial charge is 0.305 e. The molecule has 2 rings (SSSR count). The first-order valence-electron chi connectivity index (χ1n) is 6.14. The minimum atomic E-state index is -0.837. The van der Waals surface area contributed by atoms with Crippen molar-refractivity contribution in [2.45, 2.75) is 37.6 Å². The highest BCUT2D eigenvalue weighted by Crippen LogP contribution is 2.35. The molecule has 1 aliphatic carbocycles. The second-order valence-corrected chi connectivity index (χ2v) is 4.85. The molecule has 102 valence electrons. The maximum Gasteiger partial charge on any atom is 0.305 e. The van der Waals surface area contributed by atoms with E-state index in [1.165, 1.54) is 6.07 Å². The van der Waals surface area contributed by atoms with Gasteiger partial charge in [0.25, 0.3) is 5.91 Å². The molecule has 1 amide bonds. The van der Waals surface area contributed by atoms with Crippen molar-refractivity contribution >= 4 is 17.7 Å². The van der Waals surface area contributed by atoms with Gasteiger partial charge in [0, 0.05) is 5.54 Å². The zero-order chi connectivity index (χ0) is 13.9. The Morgan fingerprint density at radius 1 is 1.32 bits per heavy atom. The number of aliphatic carboxylic acids is 1. The number of anilines is 1. The number of carboxylic acid groups (broad SMARTS) is 1. The number of primary amides is 1. The molecule has 4 N–H and O–H groups in total. The molecule has 1 fully saturated rings. The van der Waals surface area contributed by atoms with Crippen LogP contribution in [0.1, 0.15) is 42.6 Å². The van der Waals surface area contributed by atoms with Crippen molar-refractivity contribution < 1.29 is 14.7 Å². The lowest BCUT2D eigenvalue weighted by Gasteiger charge is -2.29. The van der Waals surface area contributed by atoms with E-state index in [0.29, 0.717) is 5.82 Å². The van der Waals surface area contributed by atoms with E-state index in [2.05, 4.69) is 15.5 Å². The van der Waals surface area contributed by atoms with Crippen LogP contribution in [0.2, 0.25) is 0 Å². The molecular formula is C12H16N4O3. The van der Waals surface area contributed by atoms with Gasteiger partial charge in [-0.15, -0.1) is 10.2 Å². The Labute approximate surface area is 110 Å². The summed E-state index contributed by atoms with van der Waals surface area (Å²) in [6.45, 7) is 0. The van der Waals surface area contributed by atoms with Crippen molar-refractivity contribution in [1.29, 1.82) is 0 Å². The Kier molecular flexibility index (Phi) is 3.64. The van der Waals surface area contributed by atoms with Gasteiger partial charge in [-0.2, -0.15) is 0 Å². The highest BCUT2D eigenvalue weighted by molar-refractivity contribution is 5.90. The summed E-state index contributed by atoms with van der Waals surface area (Å²) in [5.41, 5.74) is 4.70. The number of amides is 1. The number of hydrogen-bond acceptors (Lipinski definition) is 5. The fourth-order valence-corrected chi connectivity index (χ4v) is 2.49. The largest absolute Gasteiger partial charge is 0.481 e. The molecule has 1 aliphatic rings. The Hall–Kier alpha value is -2.18.